The minimum absolute atomic E-state index is 0.0562. The third-order valence-electron chi connectivity index (χ3n) is 5.82. The van der Waals surface area contributed by atoms with Crippen molar-refractivity contribution in [1.82, 2.24) is 15.0 Å². The van der Waals surface area contributed by atoms with Crippen LogP contribution in [0.5, 0.6) is 0 Å². The summed E-state index contributed by atoms with van der Waals surface area (Å²) >= 11 is 0. The number of nitrogens with zero attached hydrogens (tertiary/aromatic N) is 5. The quantitative estimate of drug-likeness (QED) is 0.594. The van der Waals surface area contributed by atoms with Gasteiger partial charge in [0.15, 0.2) is 0 Å². The highest BCUT2D eigenvalue weighted by molar-refractivity contribution is 6.12. The van der Waals surface area contributed by atoms with Crippen LogP contribution in [0.2, 0.25) is 0 Å². The first-order valence-corrected chi connectivity index (χ1v) is 10.8. The van der Waals surface area contributed by atoms with Gasteiger partial charge in [0.25, 0.3) is 0 Å². The van der Waals surface area contributed by atoms with Crippen molar-refractivity contribution < 1.29 is 9.59 Å². The van der Waals surface area contributed by atoms with Gasteiger partial charge in [-0.15, -0.1) is 0 Å². The molecule has 0 atom stereocenters. The molecule has 4 rings (SSSR count). The van der Waals surface area contributed by atoms with Crippen LogP contribution in [0.15, 0.2) is 48.8 Å². The Labute approximate surface area is 188 Å². The van der Waals surface area contributed by atoms with Crippen LogP contribution < -0.4 is 9.80 Å². The van der Waals surface area contributed by atoms with Gasteiger partial charge in [0.1, 0.15) is 17.5 Å². The largest absolute Gasteiger partial charge is 0.297 e. The number of fused-ring (bicyclic) bond motifs is 1. The van der Waals surface area contributed by atoms with Crippen molar-refractivity contribution in [2.45, 2.75) is 46.5 Å². The molecule has 0 unspecified atom stereocenters. The number of hydrogen-bond donors (Lipinski definition) is 0. The molecule has 0 saturated carbocycles. The smallest absolute Gasteiger partial charge is 0.242 e. The van der Waals surface area contributed by atoms with Crippen molar-refractivity contribution in [2.24, 2.45) is 0 Å². The van der Waals surface area contributed by atoms with Gasteiger partial charge in [-0.2, -0.15) is 0 Å². The number of hydrogen-bond acceptors (Lipinski definition) is 5. The van der Waals surface area contributed by atoms with Crippen molar-refractivity contribution >= 4 is 29.1 Å². The molecule has 7 nitrogen and oxygen atoms in total. The van der Waals surface area contributed by atoms with Crippen molar-refractivity contribution in [3.8, 4) is 11.1 Å². The molecule has 3 heterocycles. The zero-order chi connectivity index (χ0) is 23.0. The minimum atomic E-state index is -0.695. The monoisotopic (exact) mass is 429 g/mol. The highest BCUT2D eigenvalue weighted by atomic mass is 16.2. The van der Waals surface area contributed by atoms with E-state index in [1.807, 2.05) is 52.0 Å². The third kappa shape index (κ3) is 3.64. The molecule has 1 aliphatic rings. The molecule has 0 radical (unpaired) electrons. The summed E-state index contributed by atoms with van der Waals surface area (Å²) in [6, 6.07) is 11.4. The Hall–Kier alpha value is -3.61. The molecule has 0 aliphatic carbocycles. The second-order valence-electron chi connectivity index (χ2n) is 8.54. The predicted molar refractivity (Wildman–Crippen MR) is 125 cm³/mol. The number of aryl methyl sites for hydroxylation is 1. The van der Waals surface area contributed by atoms with E-state index in [1.54, 1.807) is 34.3 Å². The molecule has 0 fully saturated rings. The second kappa shape index (κ2) is 8.15. The van der Waals surface area contributed by atoms with Crippen molar-refractivity contribution in [2.75, 3.05) is 16.3 Å². The van der Waals surface area contributed by atoms with E-state index in [2.05, 4.69) is 9.97 Å². The average molecular weight is 430 g/mol. The lowest BCUT2D eigenvalue weighted by Crippen LogP contribution is -2.34. The highest BCUT2D eigenvalue weighted by Crippen LogP contribution is 2.46. The first-order valence-electron chi connectivity index (χ1n) is 10.8. The van der Waals surface area contributed by atoms with Gasteiger partial charge >= 0.3 is 0 Å². The van der Waals surface area contributed by atoms with Gasteiger partial charge in [0.2, 0.25) is 11.8 Å². The Morgan fingerprint density at radius 3 is 2.47 bits per heavy atom. The molecule has 2 amide bonds. The van der Waals surface area contributed by atoms with E-state index in [0.717, 1.165) is 28.8 Å². The van der Waals surface area contributed by atoms with E-state index in [-0.39, 0.29) is 11.8 Å². The summed E-state index contributed by atoms with van der Waals surface area (Å²) in [7, 11) is 0. The van der Waals surface area contributed by atoms with Crippen LogP contribution >= 0.6 is 0 Å². The van der Waals surface area contributed by atoms with Crippen LogP contribution in [-0.4, -0.2) is 33.3 Å². The Morgan fingerprint density at radius 1 is 1.09 bits per heavy atom. The second-order valence-corrected chi connectivity index (χ2v) is 8.54. The van der Waals surface area contributed by atoms with Crippen molar-refractivity contribution in [3.63, 3.8) is 0 Å². The number of rotatable bonds is 5. The molecule has 7 heteroatoms. The number of pyridine rings is 1. The number of carbonyl (C=O) groups excluding carboxylic acids is 2. The maximum atomic E-state index is 13.5. The zero-order valence-corrected chi connectivity index (χ0v) is 19.1. The maximum absolute atomic E-state index is 13.5. The predicted octanol–water partition coefficient (Wildman–Crippen LogP) is 4.57. The molecule has 0 N–H and O–H groups in total. The maximum Gasteiger partial charge on any atom is 0.242 e. The Morgan fingerprint density at radius 2 is 1.81 bits per heavy atom. The topological polar surface area (TPSA) is 79.3 Å². The number of amides is 2. The Balaban J connectivity index is 1.82. The lowest BCUT2D eigenvalue weighted by atomic mass is 9.85. The molecular weight excluding hydrogens is 402 g/mol. The molecule has 0 bridgehead atoms. The first kappa shape index (κ1) is 21.6. The summed E-state index contributed by atoms with van der Waals surface area (Å²) < 4.78 is 0. The van der Waals surface area contributed by atoms with Gasteiger partial charge in [-0.1, -0.05) is 25.1 Å². The van der Waals surface area contributed by atoms with Crippen LogP contribution in [0.25, 0.3) is 11.1 Å². The van der Waals surface area contributed by atoms with E-state index in [0.29, 0.717) is 24.0 Å². The standard InChI is InChI=1S/C25H27N5O2/c1-6-12-29(17(3)31)22-8-7-9-23(28-22)30-21-13-18(19-14-26-16(2)27-15-19)10-11-20(21)25(4,5)24(30)32/h7-11,13-15H,6,12H2,1-5H3. The third-order valence-corrected chi connectivity index (χ3v) is 5.82. The van der Waals surface area contributed by atoms with Crippen LogP contribution in [0, 0.1) is 6.92 Å². The summed E-state index contributed by atoms with van der Waals surface area (Å²) in [5.74, 6) is 1.61. The number of anilines is 3. The molecule has 2 aromatic heterocycles. The number of carbonyl (C=O) groups is 2. The molecule has 0 saturated heterocycles. The fourth-order valence-electron chi connectivity index (χ4n) is 4.04. The van der Waals surface area contributed by atoms with Gasteiger partial charge in [0.05, 0.1) is 11.1 Å². The van der Waals surface area contributed by atoms with Crippen molar-refractivity contribution in [1.29, 1.82) is 0 Å². The molecule has 1 aromatic carbocycles. The van der Waals surface area contributed by atoms with Crippen molar-refractivity contribution in [3.05, 3.63) is 60.2 Å². The zero-order valence-electron chi connectivity index (χ0n) is 19.1. The summed E-state index contributed by atoms with van der Waals surface area (Å²) in [6.45, 7) is 9.80. The van der Waals surface area contributed by atoms with E-state index in [4.69, 9.17) is 4.98 Å². The molecule has 1 aliphatic heterocycles. The SMILES string of the molecule is CCCN(C(C)=O)c1cccc(N2C(=O)C(C)(C)c3ccc(-c4cnc(C)nc4)cc32)n1. The highest BCUT2D eigenvalue weighted by Gasteiger charge is 2.45. The van der Waals surface area contributed by atoms with Gasteiger partial charge in [-0.25, -0.2) is 15.0 Å². The Bertz CT molecular complexity index is 1190. The molecule has 3 aromatic rings. The summed E-state index contributed by atoms with van der Waals surface area (Å²) in [5.41, 5.74) is 2.82. The average Bonchev–Trinajstić information content (AvgIpc) is 2.97. The normalized spacial score (nSPS) is 14.4. The lowest BCUT2D eigenvalue weighted by Gasteiger charge is -2.23. The van der Waals surface area contributed by atoms with Crippen LogP contribution in [0.3, 0.4) is 0 Å². The lowest BCUT2D eigenvalue weighted by molar-refractivity contribution is -0.121. The fraction of sp³-hybridized carbons (Fsp3) is 0.320. The molecule has 32 heavy (non-hydrogen) atoms. The summed E-state index contributed by atoms with van der Waals surface area (Å²) in [4.78, 5) is 42.2. The van der Waals surface area contributed by atoms with E-state index in [1.165, 1.54) is 6.92 Å². The first-order chi connectivity index (χ1) is 15.2. The molecule has 0 spiro atoms. The Kier molecular flexibility index (Phi) is 5.50. The van der Waals surface area contributed by atoms with Gasteiger partial charge in [0, 0.05) is 31.4 Å². The molecule has 164 valence electrons. The van der Waals surface area contributed by atoms with Crippen LogP contribution in [-0.2, 0) is 15.0 Å². The summed E-state index contributed by atoms with van der Waals surface area (Å²) in [5, 5.41) is 0. The van der Waals surface area contributed by atoms with E-state index < -0.39 is 5.41 Å². The summed E-state index contributed by atoms with van der Waals surface area (Å²) in [6.07, 6.45) is 4.38. The van der Waals surface area contributed by atoms with E-state index in [9.17, 15) is 9.59 Å². The van der Waals surface area contributed by atoms with Gasteiger partial charge < -0.3 is 0 Å². The number of aromatic nitrogens is 3. The molecular formula is C25H27N5O2. The fourth-order valence-corrected chi connectivity index (χ4v) is 4.04. The van der Waals surface area contributed by atoms with E-state index >= 15 is 0 Å². The van der Waals surface area contributed by atoms with Gasteiger partial charge in [-0.05, 0) is 56.5 Å². The minimum Gasteiger partial charge on any atom is -0.297 e. The van der Waals surface area contributed by atoms with Gasteiger partial charge in [-0.3, -0.25) is 19.4 Å². The van der Waals surface area contributed by atoms with Crippen LogP contribution in [0.4, 0.5) is 17.3 Å². The van der Waals surface area contributed by atoms with Crippen LogP contribution in [0.1, 0.15) is 45.5 Å². The number of benzene rings is 1.